The lowest BCUT2D eigenvalue weighted by Crippen LogP contribution is -2.60. The number of rotatable bonds is 5. The van der Waals surface area contributed by atoms with Gasteiger partial charge in [-0.25, -0.2) is 18.7 Å². The van der Waals surface area contributed by atoms with Crippen molar-refractivity contribution in [2.24, 2.45) is 0 Å². The van der Waals surface area contributed by atoms with Crippen LogP contribution < -0.4 is 15.1 Å². The highest BCUT2D eigenvalue weighted by molar-refractivity contribution is 6.29. The molecule has 2 aliphatic rings. The lowest BCUT2D eigenvalue weighted by Gasteiger charge is -2.36. The Morgan fingerprint density at radius 3 is 2.56 bits per heavy atom. The first-order valence-corrected chi connectivity index (χ1v) is 13.5. The fraction of sp³-hybridized carbons (Fsp3) is 0.300. The Labute approximate surface area is 239 Å². The molecule has 1 spiro atoms. The predicted octanol–water partition coefficient (Wildman–Crippen LogP) is 6.33. The molecule has 1 fully saturated rings. The molecule has 0 radical (unpaired) electrons. The molecule has 11 heteroatoms. The molecule has 2 aliphatic heterocycles. The Kier molecular flexibility index (Phi) is 7.88. The third-order valence-corrected chi connectivity index (χ3v) is 8.12. The number of carbonyl (C=O) groups is 1. The van der Waals surface area contributed by atoms with Crippen LogP contribution in [0.25, 0.3) is 6.08 Å². The highest BCUT2D eigenvalue weighted by Gasteiger charge is 2.61. The first-order chi connectivity index (χ1) is 19.6. The minimum Gasteiger partial charge on any atom is -0.317 e. The molecule has 3 heterocycles. The van der Waals surface area contributed by atoms with Crippen LogP contribution >= 0.6 is 11.6 Å². The summed E-state index contributed by atoms with van der Waals surface area (Å²) in [4.78, 5) is 18.1. The molecule has 2 N–H and O–H groups in total. The van der Waals surface area contributed by atoms with Gasteiger partial charge in [0.1, 0.15) is 18.2 Å². The Hall–Kier alpha value is -3.78. The number of halogens is 5. The maximum Gasteiger partial charge on any atom is 0.422 e. The average molecular weight is 585 g/mol. The lowest BCUT2D eigenvalue weighted by atomic mass is 9.73. The molecule has 1 unspecified atom stereocenters. The number of nitrogens with zero attached hydrogens (tertiary/aromatic N) is 3. The second-order valence-electron chi connectivity index (χ2n) is 10.4. The number of hydrogen-bond donors (Lipinski definition) is 2. The number of pyridine rings is 1. The van der Waals surface area contributed by atoms with Crippen molar-refractivity contribution >= 4 is 29.4 Å². The van der Waals surface area contributed by atoms with Gasteiger partial charge in [0, 0.05) is 18.3 Å². The van der Waals surface area contributed by atoms with Crippen LogP contribution in [0.3, 0.4) is 0 Å². The van der Waals surface area contributed by atoms with Gasteiger partial charge in [0.2, 0.25) is 0 Å². The number of nitrogens with one attached hydrogen (secondary N) is 2. The summed E-state index contributed by atoms with van der Waals surface area (Å²) < 4.78 is 58.4. The van der Waals surface area contributed by atoms with Crippen molar-refractivity contribution < 1.29 is 22.4 Å². The first-order valence-electron chi connectivity index (χ1n) is 13.1. The van der Waals surface area contributed by atoms with Crippen molar-refractivity contribution in [3.8, 4) is 6.07 Å². The molecule has 3 aromatic rings. The summed E-state index contributed by atoms with van der Waals surface area (Å²) >= 11 is 5.99. The zero-order valence-corrected chi connectivity index (χ0v) is 22.7. The van der Waals surface area contributed by atoms with Crippen LogP contribution in [0.2, 0.25) is 5.15 Å². The third-order valence-electron chi connectivity index (χ3n) is 7.92. The molecule has 0 saturated carbocycles. The van der Waals surface area contributed by atoms with Crippen LogP contribution in [-0.4, -0.2) is 37.2 Å². The molecule has 6 nitrogen and oxygen atoms in total. The van der Waals surface area contributed by atoms with E-state index in [4.69, 9.17) is 16.9 Å². The van der Waals surface area contributed by atoms with Gasteiger partial charge in [-0.1, -0.05) is 29.8 Å². The van der Waals surface area contributed by atoms with Crippen LogP contribution in [0.15, 0.2) is 60.8 Å². The van der Waals surface area contributed by atoms with Gasteiger partial charge in [-0.3, -0.25) is 0 Å². The van der Waals surface area contributed by atoms with Crippen LogP contribution in [0.4, 0.5) is 28.0 Å². The maximum atomic E-state index is 15.8. The van der Waals surface area contributed by atoms with Crippen molar-refractivity contribution in [2.75, 3.05) is 26.2 Å². The topological polar surface area (TPSA) is 77.8 Å². The number of benzene rings is 2. The molecule has 212 valence electrons. The van der Waals surface area contributed by atoms with Crippen molar-refractivity contribution in [3.63, 3.8) is 0 Å². The van der Waals surface area contributed by atoms with Crippen molar-refractivity contribution in [2.45, 2.75) is 31.0 Å². The summed E-state index contributed by atoms with van der Waals surface area (Å²) in [6.07, 6.45) is 0.818. The fourth-order valence-corrected chi connectivity index (χ4v) is 6.27. The van der Waals surface area contributed by atoms with Crippen LogP contribution in [0, 0.1) is 17.1 Å². The minimum atomic E-state index is -4.72. The second-order valence-corrected chi connectivity index (χ2v) is 10.8. The Balaban J connectivity index is 1.62. The number of fused-ring (bicyclic) bond motifs is 2. The van der Waals surface area contributed by atoms with Gasteiger partial charge in [-0.05, 0) is 79.5 Å². The molecule has 41 heavy (non-hydrogen) atoms. The molecule has 5 rings (SSSR count). The fourth-order valence-electron chi connectivity index (χ4n) is 6.08. The monoisotopic (exact) mass is 584 g/mol. The summed E-state index contributed by atoms with van der Waals surface area (Å²) in [5.41, 5.74) is -0.464. The quantitative estimate of drug-likeness (QED) is 0.209. The van der Waals surface area contributed by atoms with Gasteiger partial charge < -0.3 is 10.6 Å². The molecular formula is C30H27ClF4N5O+. The summed E-state index contributed by atoms with van der Waals surface area (Å²) in [6.45, 7) is 0.833. The van der Waals surface area contributed by atoms with E-state index in [-0.39, 0.29) is 36.0 Å². The maximum absolute atomic E-state index is 15.8. The van der Waals surface area contributed by atoms with E-state index in [0.717, 1.165) is 17.7 Å². The van der Waals surface area contributed by atoms with Crippen LogP contribution in [0.5, 0.6) is 0 Å². The zero-order valence-electron chi connectivity index (χ0n) is 21.9. The number of piperidine rings is 1. The molecule has 1 atom stereocenters. The van der Waals surface area contributed by atoms with Gasteiger partial charge in [0.15, 0.2) is 11.5 Å². The molecule has 2 aromatic carbocycles. The molecule has 1 aromatic heterocycles. The van der Waals surface area contributed by atoms with Gasteiger partial charge in [-0.15, -0.1) is 0 Å². The third kappa shape index (κ3) is 5.58. The largest absolute Gasteiger partial charge is 0.422 e. The highest BCUT2D eigenvalue weighted by atomic mass is 35.5. The van der Waals surface area contributed by atoms with Gasteiger partial charge in [-0.2, -0.15) is 18.4 Å². The SMILES string of the molecule is N#Cc1ccc(/C=C/C[N+]2(C(=O)NCc3ccnc(Cl)c3)CC3(CCNCC3)c3c(C(F)(F)F)ccc(F)c32)cc1. The van der Waals surface area contributed by atoms with E-state index in [1.165, 1.54) is 6.20 Å². The van der Waals surface area contributed by atoms with E-state index < -0.39 is 33.5 Å². The standard InChI is InChI=1S/C30H26ClF4N5O/c31-25-16-22(9-12-38-25)18-39-28(41)40(15-1-2-20-3-5-21(17-36)6-4-20)19-29(10-13-37-14-11-29)26-23(30(33,34)35)7-8-24(32)27(26)40/h1-9,12,16,37H,10-11,13-15,18-19H2/p+1/b2-1+. The van der Waals surface area contributed by atoms with Crippen molar-refractivity contribution in [1.82, 2.24) is 20.1 Å². The van der Waals surface area contributed by atoms with Crippen LogP contribution in [-0.2, 0) is 18.1 Å². The number of hydrogen-bond acceptors (Lipinski definition) is 4. The Morgan fingerprint density at radius 1 is 1.17 bits per heavy atom. The molecular weight excluding hydrogens is 558 g/mol. The Morgan fingerprint density at radius 2 is 1.90 bits per heavy atom. The second kappa shape index (κ2) is 11.2. The van der Waals surface area contributed by atoms with Crippen molar-refractivity contribution in [1.29, 1.82) is 5.26 Å². The summed E-state index contributed by atoms with van der Waals surface area (Å²) in [7, 11) is 0. The van der Waals surface area contributed by atoms with E-state index >= 15 is 4.39 Å². The number of alkyl halides is 3. The lowest BCUT2D eigenvalue weighted by molar-refractivity contribution is -0.138. The Bertz CT molecular complexity index is 1530. The smallest absolute Gasteiger partial charge is 0.317 e. The molecule has 0 aliphatic carbocycles. The van der Waals surface area contributed by atoms with Crippen LogP contribution in [0.1, 0.15) is 40.7 Å². The number of nitriles is 1. The number of urea groups is 1. The zero-order chi connectivity index (χ0) is 29.3. The molecule has 1 saturated heterocycles. The minimum absolute atomic E-state index is 0.0192. The van der Waals surface area contributed by atoms with E-state index in [2.05, 4.69) is 15.6 Å². The van der Waals surface area contributed by atoms with Gasteiger partial charge in [0.25, 0.3) is 0 Å². The highest BCUT2D eigenvalue weighted by Crippen LogP contribution is 2.55. The number of quaternary nitrogens is 1. The normalized spacial score (nSPS) is 19.7. The predicted molar refractivity (Wildman–Crippen MR) is 148 cm³/mol. The van der Waals surface area contributed by atoms with E-state index in [1.54, 1.807) is 48.6 Å². The van der Waals surface area contributed by atoms with E-state index in [9.17, 15) is 18.0 Å². The van der Waals surface area contributed by atoms with E-state index in [0.29, 0.717) is 37.1 Å². The van der Waals surface area contributed by atoms with E-state index in [1.807, 2.05) is 6.07 Å². The number of carbonyl (C=O) groups excluding carboxylic acids is 1. The number of aromatic nitrogens is 1. The molecule has 2 amide bonds. The van der Waals surface area contributed by atoms with Gasteiger partial charge >= 0.3 is 12.2 Å². The average Bonchev–Trinajstić information content (AvgIpc) is 3.23. The first kappa shape index (κ1) is 28.7. The van der Waals surface area contributed by atoms with Gasteiger partial charge in [0.05, 0.1) is 22.6 Å². The summed E-state index contributed by atoms with van der Waals surface area (Å²) in [5.74, 6) is -0.850. The summed E-state index contributed by atoms with van der Waals surface area (Å²) in [5, 5.41) is 15.3. The molecule has 0 bridgehead atoms. The summed E-state index contributed by atoms with van der Waals surface area (Å²) in [6, 6.07) is 13.0. The number of amides is 2. The van der Waals surface area contributed by atoms with Crippen molar-refractivity contribution in [3.05, 3.63) is 99.6 Å².